The minimum atomic E-state index is -0.139. The summed E-state index contributed by atoms with van der Waals surface area (Å²) in [7, 11) is 0. The number of nitrogens with zero attached hydrogens (tertiary/aromatic N) is 4. The largest absolute Gasteiger partial charge is 0.322 e. The molecule has 0 unspecified atom stereocenters. The quantitative estimate of drug-likeness (QED) is 0.738. The average Bonchev–Trinajstić information content (AvgIpc) is 2.95. The number of carbonyl (C=O) groups is 1. The SMILES string of the molecule is Cc1cc2ncc3c(n2n1)CCN(C(=O)Nc1cccc(Cl)c1)C3. The first-order chi connectivity index (χ1) is 11.6. The molecule has 0 saturated carbocycles. The Hall–Kier alpha value is -2.60. The van der Waals surface area contributed by atoms with E-state index in [0.29, 0.717) is 23.8 Å². The van der Waals surface area contributed by atoms with Crippen molar-refractivity contribution in [3.63, 3.8) is 0 Å². The molecule has 0 aliphatic carbocycles. The topological polar surface area (TPSA) is 62.5 Å². The van der Waals surface area contributed by atoms with Crippen LogP contribution in [0.1, 0.15) is 17.0 Å². The number of rotatable bonds is 1. The molecule has 2 aromatic heterocycles. The summed E-state index contributed by atoms with van der Waals surface area (Å²) in [5, 5.41) is 7.97. The van der Waals surface area contributed by atoms with Crippen molar-refractivity contribution in [1.82, 2.24) is 19.5 Å². The summed E-state index contributed by atoms with van der Waals surface area (Å²) < 4.78 is 1.89. The predicted octanol–water partition coefficient (Wildman–Crippen LogP) is 3.28. The first-order valence-electron chi connectivity index (χ1n) is 7.75. The van der Waals surface area contributed by atoms with Gasteiger partial charge in [0.25, 0.3) is 0 Å². The zero-order valence-electron chi connectivity index (χ0n) is 13.2. The second-order valence-electron chi connectivity index (χ2n) is 5.90. The van der Waals surface area contributed by atoms with Gasteiger partial charge in [0.05, 0.1) is 17.9 Å². The van der Waals surface area contributed by atoms with E-state index < -0.39 is 0 Å². The molecule has 3 aromatic rings. The lowest BCUT2D eigenvalue weighted by molar-refractivity contribution is 0.205. The van der Waals surface area contributed by atoms with Crippen LogP contribution in [0.5, 0.6) is 0 Å². The second kappa shape index (κ2) is 5.79. The molecule has 0 saturated heterocycles. The molecule has 1 aliphatic heterocycles. The number of carbonyl (C=O) groups excluding carboxylic acids is 1. The van der Waals surface area contributed by atoms with E-state index in [2.05, 4.69) is 15.4 Å². The van der Waals surface area contributed by atoms with Gasteiger partial charge in [-0.25, -0.2) is 14.3 Å². The van der Waals surface area contributed by atoms with Crippen LogP contribution < -0.4 is 5.32 Å². The Morgan fingerprint density at radius 1 is 1.33 bits per heavy atom. The van der Waals surface area contributed by atoms with Gasteiger partial charge in [0.1, 0.15) is 0 Å². The van der Waals surface area contributed by atoms with Crippen LogP contribution in [0.2, 0.25) is 5.02 Å². The Kier molecular flexibility index (Phi) is 3.61. The minimum absolute atomic E-state index is 0.139. The normalized spacial score (nSPS) is 13.8. The number of aryl methyl sites for hydroxylation is 1. The highest BCUT2D eigenvalue weighted by Crippen LogP contribution is 2.21. The molecule has 122 valence electrons. The Morgan fingerprint density at radius 2 is 2.21 bits per heavy atom. The van der Waals surface area contributed by atoms with Gasteiger partial charge >= 0.3 is 6.03 Å². The fourth-order valence-electron chi connectivity index (χ4n) is 3.00. The Morgan fingerprint density at radius 3 is 3.04 bits per heavy atom. The van der Waals surface area contributed by atoms with Crippen molar-refractivity contribution in [1.29, 1.82) is 0 Å². The number of fused-ring (bicyclic) bond motifs is 3. The maximum atomic E-state index is 12.5. The smallest absolute Gasteiger partial charge is 0.320 e. The monoisotopic (exact) mass is 341 g/mol. The van der Waals surface area contributed by atoms with Gasteiger partial charge in [-0.3, -0.25) is 0 Å². The highest BCUT2D eigenvalue weighted by Gasteiger charge is 2.23. The Bertz CT molecular complexity index is 936. The number of anilines is 1. The number of amides is 2. The van der Waals surface area contributed by atoms with Crippen LogP contribution in [0.15, 0.2) is 36.5 Å². The minimum Gasteiger partial charge on any atom is -0.320 e. The maximum absolute atomic E-state index is 12.5. The molecule has 24 heavy (non-hydrogen) atoms. The summed E-state index contributed by atoms with van der Waals surface area (Å²) >= 11 is 5.96. The predicted molar refractivity (Wildman–Crippen MR) is 92.3 cm³/mol. The molecule has 0 radical (unpaired) electrons. The van der Waals surface area contributed by atoms with Crippen molar-refractivity contribution < 1.29 is 4.79 Å². The number of aromatic nitrogens is 3. The lowest BCUT2D eigenvalue weighted by Crippen LogP contribution is -2.39. The molecule has 0 atom stereocenters. The van der Waals surface area contributed by atoms with E-state index in [-0.39, 0.29) is 6.03 Å². The van der Waals surface area contributed by atoms with Gasteiger partial charge in [0.15, 0.2) is 5.65 Å². The van der Waals surface area contributed by atoms with Crippen molar-refractivity contribution in [2.45, 2.75) is 19.9 Å². The Labute approximate surface area is 144 Å². The molecular formula is C17H16ClN5O. The van der Waals surface area contributed by atoms with Crippen molar-refractivity contribution in [3.8, 4) is 0 Å². The molecule has 0 bridgehead atoms. The zero-order chi connectivity index (χ0) is 16.7. The van der Waals surface area contributed by atoms with Crippen LogP contribution >= 0.6 is 11.6 Å². The van der Waals surface area contributed by atoms with Crippen LogP contribution in [0.4, 0.5) is 10.5 Å². The molecule has 7 heteroatoms. The van der Waals surface area contributed by atoms with Crippen LogP contribution in [-0.4, -0.2) is 32.1 Å². The molecule has 6 nitrogen and oxygen atoms in total. The first kappa shape index (κ1) is 15.0. The van der Waals surface area contributed by atoms with Gasteiger partial charge in [-0.1, -0.05) is 17.7 Å². The second-order valence-corrected chi connectivity index (χ2v) is 6.33. The molecular weight excluding hydrogens is 326 g/mol. The number of urea groups is 1. The van der Waals surface area contributed by atoms with Gasteiger partial charge < -0.3 is 10.2 Å². The zero-order valence-corrected chi connectivity index (χ0v) is 13.9. The average molecular weight is 342 g/mol. The number of halogens is 1. The third kappa shape index (κ3) is 2.69. The van der Waals surface area contributed by atoms with Crippen LogP contribution in [0.25, 0.3) is 5.65 Å². The van der Waals surface area contributed by atoms with E-state index in [4.69, 9.17) is 11.6 Å². The number of hydrogen-bond donors (Lipinski definition) is 1. The Balaban J connectivity index is 1.55. The van der Waals surface area contributed by atoms with Gasteiger partial charge in [-0.05, 0) is 25.1 Å². The first-order valence-corrected chi connectivity index (χ1v) is 8.12. The number of benzene rings is 1. The fourth-order valence-corrected chi connectivity index (χ4v) is 3.19. The summed E-state index contributed by atoms with van der Waals surface area (Å²) in [6, 6.07) is 8.95. The summed E-state index contributed by atoms with van der Waals surface area (Å²) in [6.07, 6.45) is 2.59. The van der Waals surface area contributed by atoms with Crippen LogP contribution in [0.3, 0.4) is 0 Å². The fraction of sp³-hybridized carbons (Fsp3) is 0.235. The lowest BCUT2D eigenvalue weighted by Gasteiger charge is -2.28. The standard InChI is InChI=1S/C17H16ClN5O/c1-11-7-16-19-9-12-10-22(6-5-15(12)23(16)21-11)17(24)20-14-4-2-3-13(18)8-14/h2-4,7-9H,5-6,10H2,1H3,(H,20,24). The van der Waals surface area contributed by atoms with Gasteiger partial charge in [0.2, 0.25) is 0 Å². The maximum Gasteiger partial charge on any atom is 0.322 e. The third-order valence-corrected chi connectivity index (χ3v) is 4.37. The van der Waals surface area contributed by atoms with E-state index in [9.17, 15) is 4.79 Å². The van der Waals surface area contributed by atoms with Crippen LogP contribution in [-0.2, 0) is 13.0 Å². The third-order valence-electron chi connectivity index (χ3n) is 4.13. The van der Waals surface area contributed by atoms with Gasteiger partial charge in [-0.2, -0.15) is 5.10 Å². The molecule has 4 rings (SSSR count). The van der Waals surface area contributed by atoms with E-state index in [1.54, 1.807) is 17.0 Å². The van der Waals surface area contributed by atoms with Gasteiger partial charge in [-0.15, -0.1) is 0 Å². The molecule has 2 amide bonds. The van der Waals surface area contributed by atoms with Gasteiger partial charge in [0, 0.05) is 41.5 Å². The summed E-state index contributed by atoms with van der Waals surface area (Å²) in [5.41, 5.74) is 4.63. The van der Waals surface area contributed by atoms with Crippen molar-refractivity contribution in [2.75, 3.05) is 11.9 Å². The molecule has 3 heterocycles. The lowest BCUT2D eigenvalue weighted by atomic mass is 10.1. The summed E-state index contributed by atoms with van der Waals surface area (Å²) in [5.74, 6) is 0. The van der Waals surface area contributed by atoms with E-state index in [1.165, 1.54) is 0 Å². The molecule has 0 spiro atoms. The molecule has 1 aromatic carbocycles. The molecule has 1 aliphatic rings. The van der Waals surface area contributed by atoms with Crippen molar-refractivity contribution >= 4 is 29.0 Å². The van der Waals surface area contributed by atoms with Crippen molar-refractivity contribution in [3.05, 3.63) is 58.5 Å². The highest BCUT2D eigenvalue weighted by molar-refractivity contribution is 6.30. The summed E-state index contributed by atoms with van der Waals surface area (Å²) in [4.78, 5) is 18.7. The number of hydrogen-bond acceptors (Lipinski definition) is 3. The van der Waals surface area contributed by atoms with Crippen molar-refractivity contribution in [2.24, 2.45) is 0 Å². The summed E-state index contributed by atoms with van der Waals surface area (Å²) in [6.45, 7) is 3.11. The highest BCUT2D eigenvalue weighted by atomic mass is 35.5. The van der Waals surface area contributed by atoms with Crippen LogP contribution in [0, 0.1) is 6.92 Å². The van der Waals surface area contributed by atoms with E-state index in [1.807, 2.05) is 35.8 Å². The molecule has 1 N–H and O–H groups in total. The molecule has 0 fully saturated rings. The van der Waals surface area contributed by atoms with E-state index in [0.717, 1.165) is 29.0 Å². The number of nitrogens with one attached hydrogen (secondary N) is 1. The van der Waals surface area contributed by atoms with E-state index >= 15 is 0 Å².